The van der Waals surface area contributed by atoms with Crippen molar-refractivity contribution in [3.05, 3.63) is 24.5 Å². The highest BCUT2D eigenvalue weighted by Crippen LogP contribution is 2.09. The van der Waals surface area contributed by atoms with Crippen molar-refractivity contribution in [1.82, 2.24) is 10.3 Å². The lowest BCUT2D eigenvalue weighted by Gasteiger charge is -2.21. The Balaban J connectivity index is 2.28. The molecule has 1 unspecified atom stereocenters. The van der Waals surface area contributed by atoms with Crippen LogP contribution in [0.3, 0.4) is 0 Å². The van der Waals surface area contributed by atoms with Gasteiger partial charge in [-0.2, -0.15) is 0 Å². The van der Waals surface area contributed by atoms with Crippen LogP contribution in [0.1, 0.15) is 33.6 Å². The highest BCUT2D eigenvalue weighted by Gasteiger charge is 2.15. The Labute approximate surface area is 132 Å². The first-order valence-corrected chi connectivity index (χ1v) is 7.53. The van der Waals surface area contributed by atoms with Gasteiger partial charge < -0.3 is 20.1 Å². The molecule has 0 saturated heterocycles. The summed E-state index contributed by atoms with van der Waals surface area (Å²) >= 11 is 0. The van der Waals surface area contributed by atoms with Crippen molar-refractivity contribution in [3.63, 3.8) is 0 Å². The molecular formula is C16H27N3O3. The zero-order valence-electron chi connectivity index (χ0n) is 13.9. The van der Waals surface area contributed by atoms with Crippen molar-refractivity contribution in [2.75, 3.05) is 25.6 Å². The highest BCUT2D eigenvalue weighted by atomic mass is 16.6. The van der Waals surface area contributed by atoms with Crippen LogP contribution >= 0.6 is 0 Å². The van der Waals surface area contributed by atoms with E-state index >= 15 is 0 Å². The molecule has 0 aliphatic rings. The number of carbonyl (C=O) groups is 1. The van der Waals surface area contributed by atoms with Gasteiger partial charge in [-0.1, -0.05) is 0 Å². The van der Waals surface area contributed by atoms with Gasteiger partial charge in [-0.05, 0) is 45.7 Å². The molecule has 1 amide bonds. The molecule has 0 radical (unpaired) electrons. The van der Waals surface area contributed by atoms with E-state index in [-0.39, 0.29) is 12.1 Å². The van der Waals surface area contributed by atoms with Gasteiger partial charge in [0.05, 0.1) is 12.3 Å². The van der Waals surface area contributed by atoms with E-state index in [0.29, 0.717) is 13.2 Å². The van der Waals surface area contributed by atoms with Crippen molar-refractivity contribution >= 4 is 11.8 Å². The average molecular weight is 309 g/mol. The molecule has 1 aromatic heterocycles. The van der Waals surface area contributed by atoms with Crippen LogP contribution < -0.4 is 10.6 Å². The van der Waals surface area contributed by atoms with E-state index < -0.39 is 5.60 Å². The van der Waals surface area contributed by atoms with Crippen molar-refractivity contribution < 1.29 is 14.3 Å². The first-order valence-electron chi connectivity index (χ1n) is 7.53. The number of pyridine rings is 1. The van der Waals surface area contributed by atoms with Gasteiger partial charge >= 0.3 is 6.09 Å². The fourth-order valence-electron chi connectivity index (χ4n) is 1.94. The average Bonchev–Trinajstić information content (AvgIpc) is 2.43. The number of hydrogen-bond acceptors (Lipinski definition) is 5. The second kappa shape index (κ2) is 9.25. The first kappa shape index (κ1) is 18.2. The Morgan fingerprint density at radius 2 is 2.18 bits per heavy atom. The lowest BCUT2D eigenvalue weighted by molar-refractivity contribution is 0.0526. The van der Waals surface area contributed by atoms with Crippen molar-refractivity contribution in [3.8, 4) is 0 Å². The molecule has 0 spiro atoms. The lowest BCUT2D eigenvalue weighted by Crippen LogP contribution is -2.33. The van der Waals surface area contributed by atoms with Crippen LogP contribution in [0, 0.1) is 0 Å². The summed E-state index contributed by atoms with van der Waals surface area (Å²) in [6.45, 7) is 6.71. The number of ether oxygens (including phenoxy) is 2. The number of amides is 1. The minimum atomic E-state index is -0.468. The molecule has 1 rings (SSSR count). The smallest absolute Gasteiger partial charge is 0.407 e. The van der Waals surface area contributed by atoms with Gasteiger partial charge in [0.2, 0.25) is 0 Å². The molecule has 0 aromatic carbocycles. The second-order valence-corrected chi connectivity index (χ2v) is 6.11. The van der Waals surface area contributed by atoms with E-state index in [1.165, 1.54) is 0 Å². The van der Waals surface area contributed by atoms with Crippen LogP contribution in [0.2, 0.25) is 0 Å². The maximum atomic E-state index is 11.5. The topological polar surface area (TPSA) is 72.5 Å². The summed E-state index contributed by atoms with van der Waals surface area (Å²) in [5.41, 5.74) is 0.495. The molecule has 22 heavy (non-hydrogen) atoms. The Hall–Kier alpha value is -1.82. The molecule has 1 heterocycles. The van der Waals surface area contributed by atoms with Crippen LogP contribution in [0.25, 0.3) is 0 Å². The molecule has 6 heteroatoms. The summed E-state index contributed by atoms with van der Waals surface area (Å²) in [5.74, 6) is 0. The molecule has 1 aromatic rings. The van der Waals surface area contributed by atoms with Crippen LogP contribution in [-0.4, -0.2) is 43.0 Å². The quantitative estimate of drug-likeness (QED) is 0.722. The van der Waals surface area contributed by atoms with E-state index in [9.17, 15) is 4.79 Å². The fourth-order valence-corrected chi connectivity index (χ4v) is 1.94. The van der Waals surface area contributed by atoms with Gasteiger partial charge in [0.15, 0.2) is 0 Å². The summed E-state index contributed by atoms with van der Waals surface area (Å²) in [4.78, 5) is 15.6. The Morgan fingerprint density at radius 3 is 2.77 bits per heavy atom. The molecule has 0 fully saturated rings. The third-order valence-corrected chi connectivity index (χ3v) is 2.80. The van der Waals surface area contributed by atoms with Crippen molar-refractivity contribution in [1.29, 1.82) is 0 Å². The predicted molar refractivity (Wildman–Crippen MR) is 87.0 cm³/mol. The minimum Gasteiger partial charge on any atom is -0.444 e. The SMILES string of the molecule is COCC(CCCNC(=O)OC(C)(C)C)Nc1cccnc1. The van der Waals surface area contributed by atoms with Crippen LogP contribution in [0.4, 0.5) is 10.5 Å². The second-order valence-electron chi connectivity index (χ2n) is 6.11. The normalized spacial score (nSPS) is 12.5. The van der Waals surface area contributed by atoms with Gasteiger partial charge in [0.25, 0.3) is 0 Å². The fraction of sp³-hybridized carbons (Fsp3) is 0.625. The Morgan fingerprint density at radius 1 is 1.41 bits per heavy atom. The number of hydrogen-bond donors (Lipinski definition) is 2. The van der Waals surface area contributed by atoms with E-state index in [1.807, 2.05) is 32.9 Å². The van der Waals surface area contributed by atoms with Crippen LogP contribution in [0.5, 0.6) is 0 Å². The number of nitrogens with one attached hydrogen (secondary N) is 2. The molecule has 0 bridgehead atoms. The van der Waals surface area contributed by atoms with Crippen LogP contribution in [-0.2, 0) is 9.47 Å². The van der Waals surface area contributed by atoms with Gasteiger partial charge in [-0.15, -0.1) is 0 Å². The van der Waals surface area contributed by atoms with E-state index in [1.54, 1.807) is 19.5 Å². The number of alkyl carbamates (subject to hydrolysis) is 1. The zero-order chi connectivity index (χ0) is 16.4. The maximum absolute atomic E-state index is 11.5. The maximum Gasteiger partial charge on any atom is 0.407 e. The molecule has 1 atom stereocenters. The minimum absolute atomic E-state index is 0.176. The number of anilines is 1. The van der Waals surface area contributed by atoms with Gasteiger partial charge in [0, 0.05) is 32.1 Å². The third kappa shape index (κ3) is 8.46. The summed E-state index contributed by atoms with van der Waals surface area (Å²) in [6.07, 6.45) is 4.85. The number of methoxy groups -OCH3 is 1. The standard InChI is InChI=1S/C16H27N3O3/c1-16(2,3)22-15(20)18-10-6-8-14(12-21-4)19-13-7-5-9-17-11-13/h5,7,9,11,14,19H,6,8,10,12H2,1-4H3,(H,18,20). The molecule has 0 saturated carbocycles. The Bertz CT molecular complexity index is 432. The van der Waals surface area contributed by atoms with Crippen molar-refractivity contribution in [2.24, 2.45) is 0 Å². The van der Waals surface area contributed by atoms with Crippen molar-refractivity contribution in [2.45, 2.75) is 45.3 Å². The summed E-state index contributed by atoms with van der Waals surface area (Å²) in [6, 6.07) is 4.03. The monoisotopic (exact) mass is 309 g/mol. The predicted octanol–water partition coefficient (Wildman–Crippen LogP) is 2.81. The van der Waals surface area contributed by atoms with Crippen LogP contribution in [0.15, 0.2) is 24.5 Å². The van der Waals surface area contributed by atoms with Gasteiger partial charge in [0.1, 0.15) is 5.60 Å². The zero-order valence-corrected chi connectivity index (χ0v) is 13.9. The molecule has 0 aliphatic heterocycles. The highest BCUT2D eigenvalue weighted by molar-refractivity contribution is 5.67. The molecule has 124 valence electrons. The number of rotatable bonds is 8. The van der Waals surface area contributed by atoms with Gasteiger partial charge in [-0.25, -0.2) is 4.79 Å². The molecular weight excluding hydrogens is 282 g/mol. The first-order chi connectivity index (χ1) is 10.4. The van der Waals surface area contributed by atoms with E-state index in [4.69, 9.17) is 9.47 Å². The summed E-state index contributed by atoms with van der Waals surface area (Å²) in [7, 11) is 1.68. The lowest BCUT2D eigenvalue weighted by atomic mass is 10.1. The number of nitrogens with zero attached hydrogens (tertiary/aromatic N) is 1. The molecule has 6 nitrogen and oxygen atoms in total. The van der Waals surface area contributed by atoms with E-state index in [2.05, 4.69) is 15.6 Å². The largest absolute Gasteiger partial charge is 0.444 e. The summed E-state index contributed by atoms with van der Waals surface area (Å²) < 4.78 is 10.4. The molecule has 2 N–H and O–H groups in total. The number of carbonyl (C=O) groups excluding carboxylic acids is 1. The van der Waals surface area contributed by atoms with E-state index in [0.717, 1.165) is 18.5 Å². The summed E-state index contributed by atoms with van der Waals surface area (Å²) in [5, 5.41) is 6.13. The molecule has 0 aliphatic carbocycles. The third-order valence-electron chi connectivity index (χ3n) is 2.80. The number of aromatic nitrogens is 1. The Kier molecular flexibility index (Phi) is 7.66. The van der Waals surface area contributed by atoms with Gasteiger partial charge in [-0.3, -0.25) is 4.98 Å².